The van der Waals surface area contributed by atoms with Crippen LogP contribution in [0.5, 0.6) is 11.8 Å². The SMILES string of the molecule is OCc1cnc(Oc2cccc3cccnc23)nc1. The third-order valence-corrected chi connectivity index (χ3v) is 2.66. The van der Waals surface area contributed by atoms with Crippen LogP contribution in [0.15, 0.2) is 48.9 Å². The summed E-state index contributed by atoms with van der Waals surface area (Å²) in [7, 11) is 0. The number of ether oxygens (including phenoxy) is 1. The molecule has 2 aromatic heterocycles. The minimum absolute atomic E-state index is 0.0872. The van der Waals surface area contributed by atoms with Crippen molar-refractivity contribution < 1.29 is 9.84 Å². The van der Waals surface area contributed by atoms with E-state index in [-0.39, 0.29) is 12.6 Å². The van der Waals surface area contributed by atoms with Crippen LogP contribution in [-0.4, -0.2) is 20.1 Å². The Labute approximate surface area is 109 Å². The molecule has 0 fully saturated rings. The Bertz CT molecular complexity index is 693. The molecular formula is C14H11N3O2. The van der Waals surface area contributed by atoms with E-state index in [0.29, 0.717) is 11.3 Å². The highest BCUT2D eigenvalue weighted by molar-refractivity contribution is 5.84. The van der Waals surface area contributed by atoms with Crippen molar-refractivity contribution in [2.24, 2.45) is 0 Å². The van der Waals surface area contributed by atoms with Crippen LogP contribution >= 0.6 is 0 Å². The largest absolute Gasteiger partial charge is 0.422 e. The molecule has 0 saturated carbocycles. The Morgan fingerprint density at radius 2 is 1.79 bits per heavy atom. The molecule has 0 aliphatic heterocycles. The number of pyridine rings is 1. The molecular weight excluding hydrogens is 242 g/mol. The van der Waals surface area contributed by atoms with Crippen LogP contribution in [0, 0.1) is 0 Å². The molecule has 0 radical (unpaired) electrons. The van der Waals surface area contributed by atoms with E-state index in [4.69, 9.17) is 9.84 Å². The first-order valence-electron chi connectivity index (χ1n) is 5.80. The summed E-state index contributed by atoms with van der Waals surface area (Å²) in [6.07, 6.45) is 4.77. The van der Waals surface area contributed by atoms with Gasteiger partial charge in [-0.1, -0.05) is 18.2 Å². The van der Waals surface area contributed by atoms with Crippen LogP contribution in [0.3, 0.4) is 0 Å². The summed E-state index contributed by atoms with van der Waals surface area (Å²) in [6, 6.07) is 9.74. The van der Waals surface area contributed by atoms with E-state index in [9.17, 15) is 0 Å². The van der Waals surface area contributed by atoms with E-state index in [1.165, 1.54) is 12.4 Å². The molecule has 0 amide bonds. The van der Waals surface area contributed by atoms with Gasteiger partial charge in [-0.3, -0.25) is 4.98 Å². The Morgan fingerprint density at radius 1 is 1.00 bits per heavy atom. The quantitative estimate of drug-likeness (QED) is 0.775. The van der Waals surface area contributed by atoms with E-state index in [1.54, 1.807) is 6.20 Å². The maximum atomic E-state index is 8.93. The van der Waals surface area contributed by atoms with E-state index < -0.39 is 0 Å². The zero-order valence-electron chi connectivity index (χ0n) is 10.0. The number of rotatable bonds is 3. The van der Waals surface area contributed by atoms with E-state index in [0.717, 1.165) is 10.9 Å². The van der Waals surface area contributed by atoms with Gasteiger partial charge in [0, 0.05) is 29.5 Å². The van der Waals surface area contributed by atoms with Crippen LogP contribution in [0.25, 0.3) is 10.9 Å². The predicted molar refractivity (Wildman–Crippen MR) is 69.8 cm³/mol. The summed E-state index contributed by atoms with van der Waals surface area (Å²) in [4.78, 5) is 12.4. The molecule has 0 aliphatic rings. The van der Waals surface area contributed by atoms with Crippen molar-refractivity contribution in [2.45, 2.75) is 6.61 Å². The van der Waals surface area contributed by atoms with Crippen molar-refractivity contribution in [3.8, 4) is 11.8 Å². The van der Waals surface area contributed by atoms with Gasteiger partial charge in [0.05, 0.1) is 6.61 Å². The van der Waals surface area contributed by atoms with Crippen LogP contribution in [-0.2, 0) is 6.61 Å². The van der Waals surface area contributed by atoms with Crippen molar-refractivity contribution in [1.82, 2.24) is 15.0 Å². The fraction of sp³-hybridized carbons (Fsp3) is 0.0714. The predicted octanol–water partition coefficient (Wildman–Crippen LogP) is 2.31. The molecule has 0 unspecified atom stereocenters. The zero-order chi connectivity index (χ0) is 13.1. The lowest BCUT2D eigenvalue weighted by Gasteiger charge is -2.06. The number of hydrogen-bond donors (Lipinski definition) is 1. The van der Waals surface area contributed by atoms with Crippen LogP contribution < -0.4 is 4.74 Å². The zero-order valence-corrected chi connectivity index (χ0v) is 10.0. The number of hydrogen-bond acceptors (Lipinski definition) is 5. The minimum atomic E-state index is -0.0872. The Hall–Kier alpha value is -2.53. The van der Waals surface area contributed by atoms with Crippen molar-refractivity contribution in [3.63, 3.8) is 0 Å². The van der Waals surface area contributed by atoms with Crippen molar-refractivity contribution in [3.05, 3.63) is 54.5 Å². The van der Waals surface area contributed by atoms with Gasteiger partial charge in [0.15, 0.2) is 5.75 Å². The first-order chi connectivity index (χ1) is 9.36. The van der Waals surface area contributed by atoms with Gasteiger partial charge in [0.25, 0.3) is 0 Å². The van der Waals surface area contributed by atoms with Gasteiger partial charge >= 0.3 is 6.01 Å². The van der Waals surface area contributed by atoms with Crippen molar-refractivity contribution in [1.29, 1.82) is 0 Å². The Kier molecular flexibility index (Phi) is 3.04. The minimum Gasteiger partial charge on any atom is -0.422 e. The number of benzene rings is 1. The number of aromatic nitrogens is 3. The van der Waals surface area contributed by atoms with Gasteiger partial charge < -0.3 is 9.84 Å². The highest BCUT2D eigenvalue weighted by Crippen LogP contribution is 2.26. The third-order valence-electron chi connectivity index (χ3n) is 2.66. The monoisotopic (exact) mass is 253 g/mol. The molecule has 3 rings (SSSR count). The fourth-order valence-electron chi connectivity index (χ4n) is 1.73. The van der Waals surface area contributed by atoms with Crippen LogP contribution in [0.1, 0.15) is 5.56 Å². The lowest BCUT2D eigenvalue weighted by molar-refractivity contribution is 0.280. The Balaban J connectivity index is 1.96. The van der Waals surface area contributed by atoms with E-state index in [1.807, 2.05) is 30.3 Å². The second kappa shape index (κ2) is 4.99. The molecule has 1 aromatic carbocycles. The average molecular weight is 253 g/mol. The fourth-order valence-corrected chi connectivity index (χ4v) is 1.73. The highest BCUT2D eigenvalue weighted by Gasteiger charge is 2.05. The smallest absolute Gasteiger partial charge is 0.321 e. The number of aliphatic hydroxyl groups excluding tert-OH is 1. The molecule has 19 heavy (non-hydrogen) atoms. The normalized spacial score (nSPS) is 10.6. The summed E-state index contributed by atoms with van der Waals surface area (Å²) in [6.45, 7) is -0.0872. The van der Waals surface area contributed by atoms with Crippen molar-refractivity contribution in [2.75, 3.05) is 0 Å². The second-order valence-corrected chi connectivity index (χ2v) is 3.97. The van der Waals surface area contributed by atoms with Crippen LogP contribution in [0.4, 0.5) is 0 Å². The summed E-state index contributed by atoms with van der Waals surface area (Å²) in [5.74, 6) is 0.606. The Morgan fingerprint density at radius 3 is 2.58 bits per heavy atom. The summed E-state index contributed by atoms with van der Waals surface area (Å²) < 4.78 is 5.62. The van der Waals surface area contributed by atoms with Gasteiger partial charge in [-0.15, -0.1) is 0 Å². The maximum Gasteiger partial charge on any atom is 0.321 e. The first kappa shape index (κ1) is 11.6. The molecule has 0 atom stereocenters. The molecule has 0 aliphatic carbocycles. The van der Waals surface area contributed by atoms with E-state index >= 15 is 0 Å². The van der Waals surface area contributed by atoms with Gasteiger partial charge in [0.2, 0.25) is 0 Å². The summed E-state index contributed by atoms with van der Waals surface area (Å²) in [5.41, 5.74) is 1.41. The van der Waals surface area contributed by atoms with Gasteiger partial charge in [-0.05, 0) is 12.1 Å². The van der Waals surface area contributed by atoms with Gasteiger partial charge in [-0.25, -0.2) is 9.97 Å². The molecule has 0 saturated heterocycles. The number of aliphatic hydroxyl groups is 1. The summed E-state index contributed by atoms with van der Waals surface area (Å²) >= 11 is 0. The first-order valence-corrected chi connectivity index (χ1v) is 5.80. The summed E-state index contributed by atoms with van der Waals surface area (Å²) in [5, 5.41) is 9.92. The van der Waals surface area contributed by atoms with Crippen LogP contribution in [0.2, 0.25) is 0 Å². The van der Waals surface area contributed by atoms with E-state index in [2.05, 4.69) is 15.0 Å². The average Bonchev–Trinajstić information content (AvgIpc) is 2.48. The van der Waals surface area contributed by atoms with Gasteiger partial charge in [-0.2, -0.15) is 0 Å². The molecule has 0 spiro atoms. The molecule has 2 heterocycles. The van der Waals surface area contributed by atoms with Gasteiger partial charge in [0.1, 0.15) is 5.52 Å². The molecule has 5 heteroatoms. The number of para-hydroxylation sites is 1. The standard InChI is InChI=1S/C14H11N3O2/c18-9-10-7-16-14(17-8-10)19-12-5-1-3-11-4-2-6-15-13(11)12/h1-8,18H,9H2. The third kappa shape index (κ3) is 2.36. The topological polar surface area (TPSA) is 68.1 Å². The molecule has 1 N–H and O–H groups in total. The lowest BCUT2D eigenvalue weighted by Crippen LogP contribution is -1.95. The lowest BCUT2D eigenvalue weighted by atomic mass is 10.2. The maximum absolute atomic E-state index is 8.93. The second-order valence-electron chi connectivity index (χ2n) is 3.97. The van der Waals surface area contributed by atoms with Crippen molar-refractivity contribution >= 4 is 10.9 Å². The number of fused-ring (bicyclic) bond motifs is 1. The molecule has 94 valence electrons. The number of nitrogens with zero attached hydrogens (tertiary/aromatic N) is 3. The molecule has 0 bridgehead atoms. The molecule has 3 aromatic rings. The highest BCUT2D eigenvalue weighted by atomic mass is 16.5. The molecule has 5 nitrogen and oxygen atoms in total.